The molecule has 0 atom stereocenters. The second-order valence-electron chi connectivity index (χ2n) is 4.08. The van der Waals surface area contributed by atoms with E-state index in [1.54, 1.807) is 12.5 Å². The van der Waals surface area contributed by atoms with Crippen molar-refractivity contribution in [3.05, 3.63) is 17.0 Å². The Morgan fingerprint density at radius 1 is 1.59 bits per heavy atom. The summed E-state index contributed by atoms with van der Waals surface area (Å²) in [6.07, 6.45) is 1.60. The van der Waals surface area contributed by atoms with Crippen molar-refractivity contribution in [1.29, 1.82) is 0 Å². The van der Waals surface area contributed by atoms with Crippen LogP contribution in [0.15, 0.2) is 15.7 Å². The molecule has 2 rings (SSSR count). The van der Waals surface area contributed by atoms with Crippen molar-refractivity contribution in [2.75, 3.05) is 7.11 Å². The number of rotatable bonds is 5. The molecule has 96 valence electrons. The maximum Gasteiger partial charge on any atom is 0.250 e. The SMILES string of the molecule is COC1CC(NS(=O)(=O)c2cc(CO)cs2)C1. The third-order valence-electron chi connectivity index (χ3n) is 2.83. The fourth-order valence-corrected chi connectivity index (χ4v) is 4.19. The minimum atomic E-state index is -3.44. The van der Waals surface area contributed by atoms with Crippen molar-refractivity contribution in [3.8, 4) is 0 Å². The molecule has 0 saturated heterocycles. The van der Waals surface area contributed by atoms with Crippen molar-refractivity contribution in [2.45, 2.75) is 35.8 Å². The molecule has 0 aromatic carbocycles. The van der Waals surface area contributed by atoms with Gasteiger partial charge in [0.25, 0.3) is 0 Å². The molecule has 0 bridgehead atoms. The Bertz CT molecular complexity index is 476. The minimum Gasteiger partial charge on any atom is -0.392 e. The number of methoxy groups -OCH3 is 1. The molecule has 1 fully saturated rings. The van der Waals surface area contributed by atoms with E-state index in [2.05, 4.69) is 4.72 Å². The first-order valence-corrected chi connectivity index (χ1v) is 7.65. The van der Waals surface area contributed by atoms with Gasteiger partial charge in [0.15, 0.2) is 0 Å². The van der Waals surface area contributed by atoms with E-state index in [4.69, 9.17) is 9.84 Å². The van der Waals surface area contributed by atoms with Crippen LogP contribution >= 0.6 is 11.3 Å². The zero-order valence-corrected chi connectivity index (χ0v) is 11.1. The summed E-state index contributed by atoms with van der Waals surface area (Å²) in [7, 11) is -1.81. The van der Waals surface area contributed by atoms with Crippen molar-refractivity contribution >= 4 is 21.4 Å². The summed E-state index contributed by atoms with van der Waals surface area (Å²) in [4.78, 5) is 0. The molecule has 0 unspecified atom stereocenters. The molecule has 5 nitrogen and oxygen atoms in total. The van der Waals surface area contributed by atoms with Gasteiger partial charge in [0, 0.05) is 13.2 Å². The standard InChI is InChI=1S/C10H15NO4S2/c1-15-9-3-8(4-9)11-17(13,14)10-2-7(5-12)6-16-10/h2,6,8-9,11-12H,3-5H2,1H3. The van der Waals surface area contributed by atoms with Gasteiger partial charge in [0.1, 0.15) is 4.21 Å². The van der Waals surface area contributed by atoms with Crippen LogP contribution < -0.4 is 4.72 Å². The Morgan fingerprint density at radius 3 is 2.82 bits per heavy atom. The third-order valence-corrected chi connectivity index (χ3v) is 5.84. The summed E-state index contributed by atoms with van der Waals surface area (Å²) in [5, 5.41) is 10.5. The monoisotopic (exact) mass is 277 g/mol. The maximum atomic E-state index is 11.9. The van der Waals surface area contributed by atoms with Crippen LogP contribution in [-0.4, -0.2) is 32.8 Å². The first-order valence-electron chi connectivity index (χ1n) is 5.28. The molecule has 0 amide bonds. The van der Waals surface area contributed by atoms with E-state index in [1.165, 1.54) is 6.07 Å². The number of hydrogen-bond donors (Lipinski definition) is 2. The lowest BCUT2D eigenvalue weighted by Crippen LogP contribution is -2.47. The molecule has 0 spiro atoms. The summed E-state index contributed by atoms with van der Waals surface area (Å²) in [5.41, 5.74) is 0.624. The van der Waals surface area contributed by atoms with E-state index in [0.29, 0.717) is 18.4 Å². The predicted molar refractivity (Wildman–Crippen MR) is 64.4 cm³/mol. The summed E-state index contributed by atoms with van der Waals surface area (Å²) in [6, 6.07) is 1.46. The molecule has 0 radical (unpaired) electrons. The molecule has 1 heterocycles. The second-order valence-corrected chi connectivity index (χ2v) is 6.93. The molecule has 1 aromatic rings. The van der Waals surface area contributed by atoms with E-state index in [9.17, 15) is 8.42 Å². The molecule has 2 N–H and O–H groups in total. The lowest BCUT2D eigenvalue weighted by molar-refractivity contribution is 0.0236. The zero-order chi connectivity index (χ0) is 12.5. The molecule has 1 aliphatic carbocycles. The van der Waals surface area contributed by atoms with Crippen molar-refractivity contribution in [1.82, 2.24) is 4.72 Å². The number of nitrogens with one attached hydrogen (secondary N) is 1. The molecule has 1 aromatic heterocycles. The topological polar surface area (TPSA) is 75.6 Å². The Hall–Kier alpha value is -0.470. The molecular weight excluding hydrogens is 262 g/mol. The van der Waals surface area contributed by atoms with Gasteiger partial charge < -0.3 is 9.84 Å². The smallest absolute Gasteiger partial charge is 0.250 e. The fraction of sp³-hybridized carbons (Fsp3) is 0.600. The second kappa shape index (κ2) is 5.03. The van der Waals surface area contributed by atoms with Crippen LogP contribution in [0.25, 0.3) is 0 Å². The molecule has 0 aliphatic heterocycles. The number of hydrogen-bond acceptors (Lipinski definition) is 5. The van der Waals surface area contributed by atoms with Gasteiger partial charge in [-0.25, -0.2) is 13.1 Å². The van der Waals surface area contributed by atoms with Crippen LogP contribution in [0.1, 0.15) is 18.4 Å². The maximum absolute atomic E-state index is 11.9. The van der Waals surface area contributed by atoms with Gasteiger partial charge in [0.05, 0.1) is 12.7 Å². The van der Waals surface area contributed by atoms with Crippen LogP contribution in [0.5, 0.6) is 0 Å². The highest BCUT2D eigenvalue weighted by atomic mass is 32.2. The van der Waals surface area contributed by atoms with Crippen LogP contribution in [0.2, 0.25) is 0 Å². The van der Waals surface area contributed by atoms with Gasteiger partial charge in [-0.1, -0.05) is 0 Å². The number of ether oxygens (including phenoxy) is 1. The van der Waals surface area contributed by atoms with Gasteiger partial charge in [-0.2, -0.15) is 0 Å². The Labute approximate surface area is 104 Å². The van der Waals surface area contributed by atoms with Gasteiger partial charge in [-0.15, -0.1) is 11.3 Å². The Kier molecular flexibility index (Phi) is 3.84. The highest BCUT2D eigenvalue weighted by Crippen LogP contribution is 2.26. The highest BCUT2D eigenvalue weighted by molar-refractivity contribution is 7.91. The first-order chi connectivity index (χ1) is 8.05. The Balaban J connectivity index is 1.99. The third kappa shape index (κ3) is 2.86. The van der Waals surface area contributed by atoms with E-state index in [-0.39, 0.29) is 23.0 Å². The highest BCUT2D eigenvalue weighted by Gasteiger charge is 2.33. The summed E-state index contributed by atoms with van der Waals surface area (Å²) in [5.74, 6) is 0. The quantitative estimate of drug-likeness (QED) is 0.830. The summed E-state index contributed by atoms with van der Waals surface area (Å²) >= 11 is 1.12. The number of aliphatic hydroxyl groups excluding tert-OH is 1. The number of aliphatic hydroxyl groups is 1. The van der Waals surface area contributed by atoms with E-state index < -0.39 is 10.0 Å². The van der Waals surface area contributed by atoms with Gasteiger partial charge in [-0.3, -0.25) is 0 Å². The zero-order valence-electron chi connectivity index (χ0n) is 9.42. The number of sulfonamides is 1. The Morgan fingerprint density at radius 2 is 2.29 bits per heavy atom. The lowest BCUT2D eigenvalue weighted by Gasteiger charge is -2.34. The predicted octanol–water partition coefficient (Wildman–Crippen LogP) is 0.696. The molecule has 1 saturated carbocycles. The van der Waals surface area contributed by atoms with E-state index in [0.717, 1.165) is 11.3 Å². The van der Waals surface area contributed by atoms with Crippen LogP contribution in [0.4, 0.5) is 0 Å². The van der Waals surface area contributed by atoms with Crippen LogP contribution in [-0.2, 0) is 21.4 Å². The first kappa shape index (κ1) is 13.0. The fourth-order valence-electron chi connectivity index (χ4n) is 1.71. The number of thiophene rings is 1. The van der Waals surface area contributed by atoms with Crippen LogP contribution in [0.3, 0.4) is 0 Å². The summed E-state index contributed by atoms with van der Waals surface area (Å²) in [6.45, 7) is -0.138. The van der Waals surface area contributed by atoms with Crippen molar-refractivity contribution < 1.29 is 18.3 Å². The average molecular weight is 277 g/mol. The largest absolute Gasteiger partial charge is 0.392 e. The van der Waals surface area contributed by atoms with E-state index >= 15 is 0 Å². The average Bonchev–Trinajstić information content (AvgIpc) is 2.71. The summed E-state index contributed by atoms with van der Waals surface area (Å²) < 4.78 is 31.8. The van der Waals surface area contributed by atoms with Gasteiger partial charge in [-0.05, 0) is 29.9 Å². The molecular formula is C10H15NO4S2. The van der Waals surface area contributed by atoms with Crippen molar-refractivity contribution in [2.24, 2.45) is 0 Å². The molecule has 1 aliphatic rings. The lowest BCUT2D eigenvalue weighted by atomic mass is 9.90. The molecule has 17 heavy (non-hydrogen) atoms. The normalized spacial score (nSPS) is 24.6. The van der Waals surface area contributed by atoms with Gasteiger partial charge in [0.2, 0.25) is 10.0 Å². The van der Waals surface area contributed by atoms with E-state index in [1.807, 2.05) is 0 Å². The van der Waals surface area contributed by atoms with Gasteiger partial charge >= 0.3 is 0 Å². The minimum absolute atomic E-state index is 0.0374. The van der Waals surface area contributed by atoms with Crippen LogP contribution in [0, 0.1) is 0 Å². The van der Waals surface area contributed by atoms with Crippen molar-refractivity contribution in [3.63, 3.8) is 0 Å². The molecule has 7 heteroatoms.